The van der Waals surface area contributed by atoms with Gasteiger partial charge in [-0.2, -0.15) is 0 Å². The van der Waals surface area contributed by atoms with Gasteiger partial charge in [-0.05, 0) is 31.5 Å². The Kier molecular flexibility index (Phi) is 4.39. The predicted molar refractivity (Wildman–Crippen MR) is 80.0 cm³/mol. The van der Waals surface area contributed by atoms with Crippen LogP contribution in [0.1, 0.15) is 12.5 Å². The number of carbonyl (C=O) groups excluding carboxylic acids is 1. The van der Waals surface area contributed by atoms with Crippen LogP contribution in [-0.4, -0.2) is 16.9 Å². The first kappa shape index (κ1) is 13.8. The molecule has 0 aliphatic rings. The summed E-state index contributed by atoms with van der Waals surface area (Å²) in [5.41, 5.74) is 1.78. The van der Waals surface area contributed by atoms with Crippen LogP contribution >= 0.6 is 22.9 Å². The molecule has 0 aliphatic heterocycles. The number of hydrogen-bond donors (Lipinski definition) is 2. The zero-order chi connectivity index (χ0) is 13.8. The van der Waals surface area contributed by atoms with Gasteiger partial charge in [0, 0.05) is 22.3 Å². The summed E-state index contributed by atoms with van der Waals surface area (Å²) in [4.78, 5) is 16.0. The maximum atomic E-state index is 12.0. The molecule has 100 valence electrons. The molecule has 4 nitrogen and oxygen atoms in total. The summed E-state index contributed by atoms with van der Waals surface area (Å²) in [6.45, 7) is 3.71. The number of benzene rings is 1. The van der Waals surface area contributed by atoms with Crippen molar-refractivity contribution in [2.24, 2.45) is 0 Å². The van der Waals surface area contributed by atoms with Crippen LogP contribution in [0.4, 0.5) is 10.8 Å². The van der Waals surface area contributed by atoms with E-state index in [4.69, 9.17) is 11.6 Å². The molecule has 1 atom stereocenters. The van der Waals surface area contributed by atoms with E-state index in [-0.39, 0.29) is 11.9 Å². The maximum Gasteiger partial charge on any atom is 0.248 e. The first-order valence-corrected chi connectivity index (χ1v) is 7.05. The minimum atomic E-state index is -0.374. The van der Waals surface area contributed by atoms with Crippen LogP contribution in [0, 0.1) is 6.92 Å². The summed E-state index contributed by atoms with van der Waals surface area (Å²) in [5, 5.41) is 8.98. The van der Waals surface area contributed by atoms with Crippen molar-refractivity contribution in [1.82, 2.24) is 4.98 Å². The van der Waals surface area contributed by atoms with Gasteiger partial charge in [0.2, 0.25) is 5.91 Å². The second kappa shape index (κ2) is 6.04. The van der Waals surface area contributed by atoms with E-state index in [2.05, 4.69) is 15.6 Å². The average Bonchev–Trinajstić information content (AvgIpc) is 2.87. The Bertz CT molecular complexity index is 571. The Morgan fingerprint density at radius 1 is 1.47 bits per heavy atom. The quantitative estimate of drug-likeness (QED) is 0.907. The van der Waals surface area contributed by atoms with Crippen LogP contribution in [0.15, 0.2) is 29.8 Å². The van der Waals surface area contributed by atoms with Crippen molar-refractivity contribution in [3.8, 4) is 0 Å². The van der Waals surface area contributed by atoms with E-state index in [1.54, 1.807) is 13.1 Å². The van der Waals surface area contributed by atoms with Crippen molar-refractivity contribution in [2.45, 2.75) is 19.9 Å². The van der Waals surface area contributed by atoms with E-state index in [0.29, 0.717) is 10.2 Å². The molecule has 0 bridgehead atoms. The van der Waals surface area contributed by atoms with Gasteiger partial charge in [0.05, 0.1) is 0 Å². The second-order valence-corrected chi connectivity index (χ2v) is 5.41. The highest BCUT2D eigenvalue weighted by molar-refractivity contribution is 7.13. The van der Waals surface area contributed by atoms with Crippen molar-refractivity contribution in [3.05, 3.63) is 40.4 Å². The molecular weight excluding hydrogens is 282 g/mol. The molecule has 1 heterocycles. The highest BCUT2D eigenvalue weighted by atomic mass is 35.5. The third-order valence-corrected chi connectivity index (χ3v) is 3.79. The number of thiazole rings is 1. The number of carbonyl (C=O) groups is 1. The standard InChI is InChI=1S/C13H14ClN3OS/c1-8-10(14)4-3-5-11(8)16-9(2)12(18)17-13-15-6-7-19-13/h3-7,9,16H,1-2H3,(H,15,17,18)/t9-/m0/s1. The maximum absolute atomic E-state index is 12.0. The molecule has 0 saturated carbocycles. The molecule has 1 aromatic carbocycles. The summed E-state index contributed by atoms with van der Waals surface area (Å²) in [7, 11) is 0. The van der Waals surface area contributed by atoms with Crippen molar-refractivity contribution < 1.29 is 4.79 Å². The fraction of sp³-hybridized carbons (Fsp3) is 0.231. The first-order chi connectivity index (χ1) is 9.08. The Morgan fingerprint density at radius 2 is 2.26 bits per heavy atom. The van der Waals surface area contributed by atoms with Gasteiger partial charge in [0.15, 0.2) is 5.13 Å². The monoisotopic (exact) mass is 295 g/mol. The highest BCUT2D eigenvalue weighted by Crippen LogP contribution is 2.23. The van der Waals surface area contributed by atoms with Gasteiger partial charge >= 0.3 is 0 Å². The lowest BCUT2D eigenvalue weighted by Gasteiger charge is -2.16. The van der Waals surface area contributed by atoms with Crippen LogP contribution in [0.2, 0.25) is 5.02 Å². The SMILES string of the molecule is Cc1c(Cl)cccc1N[C@@H](C)C(=O)Nc1nccs1. The summed E-state index contributed by atoms with van der Waals surface area (Å²) >= 11 is 7.43. The molecule has 0 unspecified atom stereocenters. The second-order valence-electron chi connectivity index (χ2n) is 4.10. The highest BCUT2D eigenvalue weighted by Gasteiger charge is 2.15. The molecule has 0 fully saturated rings. The molecule has 6 heteroatoms. The molecular formula is C13H14ClN3OS. The zero-order valence-electron chi connectivity index (χ0n) is 10.6. The summed E-state index contributed by atoms with van der Waals surface area (Å²) in [6, 6.07) is 5.20. The van der Waals surface area contributed by atoms with E-state index in [1.807, 2.05) is 30.5 Å². The number of halogens is 1. The fourth-order valence-electron chi connectivity index (χ4n) is 1.56. The smallest absolute Gasteiger partial charge is 0.248 e. The minimum Gasteiger partial charge on any atom is -0.374 e. The average molecular weight is 296 g/mol. The number of anilines is 2. The van der Waals surface area contributed by atoms with Gasteiger partial charge in [-0.25, -0.2) is 4.98 Å². The number of hydrogen-bond acceptors (Lipinski definition) is 4. The molecule has 1 aromatic heterocycles. The van der Waals surface area contributed by atoms with Crippen LogP contribution in [-0.2, 0) is 4.79 Å². The molecule has 0 saturated heterocycles. The van der Waals surface area contributed by atoms with Crippen molar-refractivity contribution in [1.29, 1.82) is 0 Å². The topological polar surface area (TPSA) is 54.0 Å². The van der Waals surface area contributed by atoms with E-state index in [1.165, 1.54) is 11.3 Å². The molecule has 0 radical (unpaired) electrons. The van der Waals surface area contributed by atoms with Gasteiger partial charge in [-0.1, -0.05) is 17.7 Å². The van der Waals surface area contributed by atoms with Gasteiger partial charge in [-0.15, -0.1) is 11.3 Å². The van der Waals surface area contributed by atoms with Crippen LogP contribution < -0.4 is 10.6 Å². The number of amides is 1. The fourth-order valence-corrected chi connectivity index (χ4v) is 2.27. The summed E-state index contributed by atoms with van der Waals surface area (Å²) < 4.78 is 0. The van der Waals surface area contributed by atoms with Crippen molar-refractivity contribution in [2.75, 3.05) is 10.6 Å². The molecule has 0 aliphatic carbocycles. The Morgan fingerprint density at radius 3 is 2.95 bits per heavy atom. The third-order valence-electron chi connectivity index (χ3n) is 2.70. The molecule has 2 aromatic rings. The Balaban J connectivity index is 2.02. The molecule has 19 heavy (non-hydrogen) atoms. The molecule has 0 spiro atoms. The summed E-state index contributed by atoms with van der Waals surface area (Å²) in [6.07, 6.45) is 1.65. The molecule has 2 N–H and O–H groups in total. The Labute approximate surface area is 120 Å². The minimum absolute atomic E-state index is 0.130. The van der Waals surface area contributed by atoms with Crippen LogP contribution in [0.5, 0.6) is 0 Å². The number of nitrogens with zero attached hydrogens (tertiary/aromatic N) is 1. The third kappa shape index (κ3) is 3.45. The number of rotatable bonds is 4. The van der Waals surface area contributed by atoms with E-state index >= 15 is 0 Å². The van der Waals surface area contributed by atoms with Crippen molar-refractivity contribution >= 4 is 39.7 Å². The summed E-state index contributed by atoms with van der Waals surface area (Å²) in [5.74, 6) is -0.130. The van der Waals surface area contributed by atoms with Gasteiger partial charge in [0.25, 0.3) is 0 Å². The predicted octanol–water partition coefficient (Wildman–Crippen LogP) is 3.54. The van der Waals surface area contributed by atoms with Crippen LogP contribution in [0.25, 0.3) is 0 Å². The van der Waals surface area contributed by atoms with Gasteiger partial charge < -0.3 is 10.6 Å². The lowest BCUT2D eigenvalue weighted by atomic mass is 10.2. The number of aromatic nitrogens is 1. The number of nitrogens with one attached hydrogen (secondary N) is 2. The zero-order valence-corrected chi connectivity index (χ0v) is 12.2. The molecule has 2 rings (SSSR count). The Hall–Kier alpha value is -1.59. The normalized spacial score (nSPS) is 11.9. The van der Waals surface area contributed by atoms with Gasteiger partial charge in [0.1, 0.15) is 6.04 Å². The van der Waals surface area contributed by atoms with Crippen molar-refractivity contribution in [3.63, 3.8) is 0 Å². The van der Waals surface area contributed by atoms with E-state index in [9.17, 15) is 4.79 Å². The van der Waals surface area contributed by atoms with E-state index in [0.717, 1.165) is 11.3 Å². The largest absolute Gasteiger partial charge is 0.374 e. The molecule has 1 amide bonds. The van der Waals surface area contributed by atoms with Crippen LogP contribution in [0.3, 0.4) is 0 Å². The lowest BCUT2D eigenvalue weighted by molar-refractivity contribution is -0.116. The van der Waals surface area contributed by atoms with Gasteiger partial charge in [-0.3, -0.25) is 4.79 Å². The van der Waals surface area contributed by atoms with E-state index < -0.39 is 0 Å². The lowest BCUT2D eigenvalue weighted by Crippen LogP contribution is -2.32. The first-order valence-electron chi connectivity index (χ1n) is 5.80.